The Bertz CT molecular complexity index is 198. The van der Waals surface area contributed by atoms with Crippen LogP contribution in [0.1, 0.15) is 40.5 Å². The molecule has 0 aliphatic carbocycles. The zero-order valence-electron chi connectivity index (χ0n) is 11.5. The van der Waals surface area contributed by atoms with E-state index in [0.717, 1.165) is 13.2 Å². The van der Waals surface area contributed by atoms with Gasteiger partial charge in [-0.15, -0.1) is 0 Å². The third kappa shape index (κ3) is 3.72. The van der Waals surface area contributed by atoms with Gasteiger partial charge in [-0.05, 0) is 40.7 Å². The summed E-state index contributed by atoms with van der Waals surface area (Å²) < 4.78 is 5.74. The molecule has 1 saturated heterocycles. The first kappa shape index (κ1) is 13.9. The van der Waals surface area contributed by atoms with Gasteiger partial charge in [0.1, 0.15) is 0 Å². The summed E-state index contributed by atoms with van der Waals surface area (Å²) >= 11 is 0. The van der Waals surface area contributed by atoms with Crippen LogP contribution in [0.25, 0.3) is 0 Å². The van der Waals surface area contributed by atoms with Crippen molar-refractivity contribution in [3.63, 3.8) is 0 Å². The van der Waals surface area contributed by atoms with Crippen LogP contribution in [-0.2, 0) is 4.74 Å². The second-order valence-corrected chi connectivity index (χ2v) is 5.18. The van der Waals surface area contributed by atoms with E-state index < -0.39 is 0 Å². The number of rotatable bonds is 5. The average Bonchev–Trinajstić information content (AvgIpc) is 2.28. The molecule has 1 N–H and O–H groups in total. The fourth-order valence-electron chi connectivity index (χ4n) is 2.53. The number of ether oxygens (including phenoxy) is 1. The zero-order valence-corrected chi connectivity index (χ0v) is 11.5. The van der Waals surface area contributed by atoms with Gasteiger partial charge in [0.25, 0.3) is 0 Å². The lowest BCUT2D eigenvalue weighted by atomic mass is 10.0. The van der Waals surface area contributed by atoms with E-state index >= 15 is 0 Å². The van der Waals surface area contributed by atoms with Crippen LogP contribution < -0.4 is 5.32 Å². The van der Waals surface area contributed by atoms with E-state index in [1.54, 1.807) is 0 Å². The summed E-state index contributed by atoms with van der Waals surface area (Å²) in [4.78, 5) is 2.63. The molecule has 1 heterocycles. The van der Waals surface area contributed by atoms with Crippen LogP contribution in [0.3, 0.4) is 0 Å². The SMILES string of the molecule is CCC1COC(C)CN1C(C)CC(C)NC. The minimum absolute atomic E-state index is 0.384. The molecule has 1 aliphatic rings. The monoisotopic (exact) mass is 228 g/mol. The van der Waals surface area contributed by atoms with Crippen molar-refractivity contribution < 1.29 is 4.74 Å². The normalized spacial score (nSPS) is 31.3. The van der Waals surface area contributed by atoms with E-state index in [9.17, 15) is 0 Å². The molecular formula is C13H28N2O. The van der Waals surface area contributed by atoms with Crippen molar-refractivity contribution in [3.05, 3.63) is 0 Å². The summed E-state index contributed by atoms with van der Waals surface area (Å²) in [5.41, 5.74) is 0. The maximum atomic E-state index is 5.74. The minimum atomic E-state index is 0.384. The molecule has 0 aromatic carbocycles. The van der Waals surface area contributed by atoms with Crippen LogP contribution in [0.15, 0.2) is 0 Å². The molecule has 0 bridgehead atoms. The van der Waals surface area contributed by atoms with Crippen LogP contribution in [0.2, 0.25) is 0 Å². The summed E-state index contributed by atoms with van der Waals surface area (Å²) in [5.74, 6) is 0. The molecule has 0 spiro atoms. The minimum Gasteiger partial charge on any atom is -0.376 e. The Morgan fingerprint density at radius 3 is 2.69 bits per heavy atom. The van der Waals surface area contributed by atoms with E-state index in [2.05, 4.69) is 37.9 Å². The summed E-state index contributed by atoms with van der Waals surface area (Å²) in [7, 11) is 2.04. The van der Waals surface area contributed by atoms with Gasteiger partial charge in [-0.25, -0.2) is 0 Å². The number of hydrogen-bond donors (Lipinski definition) is 1. The van der Waals surface area contributed by atoms with Crippen molar-refractivity contribution in [1.29, 1.82) is 0 Å². The van der Waals surface area contributed by atoms with E-state index in [4.69, 9.17) is 4.74 Å². The highest BCUT2D eigenvalue weighted by Crippen LogP contribution is 2.19. The van der Waals surface area contributed by atoms with Crippen molar-refractivity contribution >= 4 is 0 Å². The van der Waals surface area contributed by atoms with Crippen LogP contribution in [-0.4, -0.2) is 49.3 Å². The fraction of sp³-hybridized carbons (Fsp3) is 1.00. The van der Waals surface area contributed by atoms with Crippen LogP contribution in [0.4, 0.5) is 0 Å². The van der Waals surface area contributed by atoms with Gasteiger partial charge in [0.15, 0.2) is 0 Å². The molecule has 0 saturated carbocycles. The molecule has 4 atom stereocenters. The van der Waals surface area contributed by atoms with Gasteiger partial charge in [-0.3, -0.25) is 4.90 Å². The molecule has 0 aromatic heterocycles. The lowest BCUT2D eigenvalue weighted by Gasteiger charge is -2.42. The van der Waals surface area contributed by atoms with E-state index in [1.807, 2.05) is 7.05 Å². The molecule has 4 unspecified atom stereocenters. The molecule has 0 amide bonds. The van der Waals surface area contributed by atoms with Gasteiger partial charge in [-0.2, -0.15) is 0 Å². The molecule has 3 heteroatoms. The molecule has 1 aliphatic heterocycles. The second kappa shape index (κ2) is 6.58. The van der Waals surface area contributed by atoms with E-state index in [-0.39, 0.29) is 0 Å². The molecule has 3 nitrogen and oxygen atoms in total. The van der Waals surface area contributed by atoms with Gasteiger partial charge in [0, 0.05) is 24.7 Å². The standard InChI is InChI=1S/C13H28N2O/c1-6-13-9-16-12(4)8-15(13)11(3)7-10(2)14-5/h10-14H,6-9H2,1-5H3. The Kier molecular flexibility index (Phi) is 5.73. The van der Waals surface area contributed by atoms with Crippen molar-refractivity contribution in [2.75, 3.05) is 20.2 Å². The fourth-order valence-corrected chi connectivity index (χ4v) is 2.53. The highest BCUT2D eigenvalue weighted by molar-refractivity contribution is 4.83. The first-order chi connectivity index (χ1) is 7.58. The predicted octanol–water partition coefficient (Wildman–Crippen LogP) is 1.87. The predicted molar refractivity (Wildman–Crippen MR) is 68.8 cm³/mol. The van der Waals surface area contributed by atoms with Gasteiger partial charge < -0.3 is 10.1 Å². The largest absolute Gasteiger partial charge is 0.376 e. The van der Waals surface area contributed by atoms with E-state index in [0.29, 0.717) is 24.2 Å². The Hall–Kier alpha value is -0.120. The number of nitrogens with one attached hydrogen (secondary N) is 1. The van der Waals surface area contributed by atoms with E-state index in [1.165, 1.54) is 12.8 Å². The summed E-state index contributed by atoms with van der Waals surface area (Å²) in [6.07, 6.45) is 2.78. The van der Waals surface area contributed by atoms with Crippen LogP contribution in [0.5, 0.6) is 0 Å². The highest BCUT2D eigenvalue weighted by atomic mass is 16.5. The highest BCUT2D eigenvalue weighted by Gasteiger charge is 2.29. The Labute approximate surface area is 101 Å². The molecule has 1 fully saturated rings. The lowest BCUT2D eigenvalue weighted by molar-refractivity contribution is -0.0717. The average molecular weight is 228 g/mol. The Morgan fingerprint density at radius 2 is 2.12 bits per heavy atom. The van der Waals surface area contributed by atoms with Gasteiger partial charge >= 0.3 is 0 Å². The molecule has 1 rings (SSSR count). The van der Waals surface area contributed by atoms with Crippen molar-refractivity contribution in [1.82, 2.24) is 10.2 Å². The number of morpholine rings is 1. The first-order valence-corrected chi connectivity index (χ1v) is 6.63. The van der Waals surface area contributed by atoms with Gasteiger partial charge in [0.05, 0.1) is 12.7 Å². The molecule has 16 heavy (non-hydrogen) atoms. The van der Waals surface area contributed by atoms with Gasteiger partial charge in [-0.1, -0.05) is 6.92 Å². The summed E-state index contributed by atoms with van der Waals surface area (Å²) in [6, 6.07) is 1.83. The van der Waals surface area contributed by atoms with Crippen LogP contribution >= 0.6 is 0 Å². The quantitative estimate of drug-likeness (QED) is 0.777. The molecule has 0 radical (unpaired) electrons. The second-order valence-electron chi connectivity index (χ2n) is 5.18. The topological polar surface area (TPSA) is 24.5 Å². The summed E-state index contributed by atoms with van der Waals surface area (Å²) in [6.45, 7) is 11.0. The van der Waals surface area contributed by atoms with Crippen LogP contribution in [0, 0.1) is 0 Å². The Morgan fingerprint density at radius 1 is 1.44 bits per heavy atom. The van der Waals surface area contributed by atoms with Crippen molar-refractivity contribution in [2.24, 2.45) is 0 Å². The van der Waals surface area contributed by atoms with Crippen molar-refractivity contribution in [2.45, 2.75) is 64.8 Å². The first-order valence-electron chi connectivity index (χ1n) is 6.63. The number of hydrogen-bond acceptors (Lipinski definition) is 3. The number of nitrogens with zero attached hydrogens (tertiary/aromatic N) is 1. The molecular weight excluding hydrogens is 200 g/mol. The third-order valence-electron chi connectivity index (χ3n) is 3.73. The smallest absolute Gasteiger partial charge is 0.0674 e. The molecule has 0 aromatic rings. The maximum absolute atomic E-state index is 5.74. The lowest BCUT2D eigenvalue weighted by Crippen LogP contribution is -2.53. The zero-order chi connectivity index (χ0) is 12.1. The molecule has 96 valence electrons. The maximum Gasteiger partial charge on any atom is 0.0674 e. The Balaban J connectivity index is 2.52. The summed E-state index contributed by atoms with van der Waals surface area (Å²) in [5, 5.41) is 3.32. The van der Waals surface area contributed by atoms with Gasteiger partial charge in [0.2, 0.25) is 0 Å². The third-order valence-corrected chi connectivity index (χ3v) is 3.73. The van der Waals surface area contributed by atoms with Crippen molar-refractivity contribution in [3.8, 4) is 0 Å².